The van der Waals surface area contributed by atoms with Gasteiger partial charge in [-0.05, 0) is 74.3 Å². The number of guanidine groups is 1. The first-order valence-corrected chi connectivity index (χ1v) is 10.6. The molecule has 8 heteroatoms. The van der Waals surface area contributed by atoms with Crippen LogP contribution in [0.1, 0.15) is 44.1 Å². The van der Waals surface area contributed by atoms with Crippen LogP contribution in [0.5, 0.6) is 0 Å². The van der Waals surface area contributed by atoms with E-state index in [0.717, 1.165) is 31.0 Å². The number of hydrogen-bond donors (Lipinski definition) is 3. The van der Waals surface area contributed by atoms with Crippen LogP contribution in [0.3, 0.4) is 0 Å². The molecule has 3 N–H and O–H groups in total. The fourth-order valence-corrected chi connectivity index (χ4v) is 4.16. The summed E-state index contributed by atoms with van der Waals surface area (Å²) in [6, 6.07) is 6.11. The lowest BCUT2D eigenvalue weighted by molar-refractivity contribution is 0.0677. The molecule has 0 radical (unpaired) electrons. The first-order valence-electron chi connectivity index (χ1n) is 9.65. The van der Waals surface area contributed by atoms with Gasteiger partial charge in [-0.2, -0.15) is 11.3 Å². The molecule has 1 aliphatic heterocycles. The summed E-state index contributed by atoms with van der Waals surface area (Å²) in [4.78, 5) is 7.08. The van der Waals surface area contributed by atoms with Gasteiger partial charge in [0.05, 0.1) is 18.8 Å². The van der Waals surface area contributed by atoms with Crippen molar-refractivity contribution in [1.29, 1.82) is 0 Å². The number of halogens is 1. The largest absolute Gasteiger partial charge is 0.468 e. The highest BCUT2D eigenvalue weighted by atomic mass is 127. The molecule has 2 unspecified atom stereocenters. The van der Waals surface area contributed by atoms with Crippen LogP contribution in [0.15, 0.2) is 44.6 Å². The molecule has 156 valence electrons. The molecule has 1 fully saturated rings. The fraction of sp³-hybridized carbons (Fsp3) is 0.550. The standard InChI is InChI=1S/C20H30N4O2S.HI/c1-3-21-19(23-15-20(2,25)16-8-12-27-14-16)22-13-17(18-7-6-11-26-18)24-9-4-5-10-24;/h6-8,11-12,14,17,25H,3-5,9-10,13,15H2,1-2H3,(H2,21,22,23);1H. The summed E-state index contributed by atoms with van der Waals surface area (Å²) in [5.74, 6) is 1.69. The number of nitrogens with one attached hydrogen (secondary N) is 2. The number of nitrogens with zero attached hydrogens (tertiary/aromatic N) is 2. The van der Waals surface area contributed by atoms with E-state index < -0.39 is 5.60 Å². The molecular weight excluding hydrogens is 487 g/mol. The Morgan fingerprint density at radius 2 is 2.14 bits per heavy atom. The lowest BCUT2D eigenvalue weighted by Gasteiger charge is -2.27. The number of likely N-dealkylation sites (tertiary alicyclic amines) is 1. The molecular formula is C20H31IN4O2S. The van der Waals surface area contributed by atoms with Crippen LogP contribution < -0.4 is 10.6 Å². The van der Waals surface area contributed by atoms with Crippen molar-refractivity contribution in [3.05, 3.63) is 46.5 Å². The van der Waals surface area contributed by atoms with E-state index in [0.29, 0.717) is 19.0 Å². The molecule has 2 aromatic rings. The van der Waals surface area contributed by atoms with Gasteiger partial charge in [-0.1, -0.05) is 0 Å². The van der Waals surface area contributed by atoms with Gasteiger partial charge in [-0.3, -0.25) is 4.90 Å². The Labute approximate surface area is 188 Å². The molecule has 28 heavy (non-hydrogen) atoms. The van der Waals surface area contributed by atoms with Crippen molar-refractivity contribution in [1.82, 2.24) is 15.5 Å². The second-order valence-electron chi connectivity index (χ2n) is 7.14. The Hall–Kier alpha value is -1.10. The average molecular weight is 518 g/mol. The molecule has 1 aliphatic rings. The maximum Gasteiger partial charge on any atom is 0.191 e. The Kier molecular flexibility index (Phi) is 9.26. The van der Waals surface area contributed by atoms with Crippen LogP contribution in [0.4, 0.5) is 0 Å². The predicted octanol–water partition coefficient (Wildman–Crippen LogP) is 3.56. The smallest absolute Gasteiger partial charge is 0.191 e. The first-order chi connectivity index (χ1) is 13.1. The fourth-order valence-electron chi connectivity index (χ4n) is 3.37. The van der Waals surface area contributed by atoms with Crippen LogP contribution in [0, 0.1) is 0 Å². The molecule has 1 saturated heterocycles. The van der Waals surface area contributed by atoms with Crippen molar-refractivity contribution in [2.24, 2.45) is 4.99 Å². The number of hydrogen-bond acceptors (Lipinski definition) is 5. The number of furan rings is 1. The minimum absolute atomic E-state index is 0. The minimum Gasteiger partial charge on any atom is -0.468 e. The van der Waals surface area contributed by atoms with Crippen LogP contribution in [-0.4, -0.2) is 48.7 Å². The second kappa shape index (κ2) is 11.2. The summed E-state index contributed by atoms with van der Waals surface area (Å²) >= 11 is 1.58. The molecule has 0 aromatic carbocycles. The quantitative estimate of drug-likeness (QED) is 0.283. The molecule has 0 amide bonds. The molecule has 2 aromatic heterocycles. The molecule has 0 saturated carbocycles. The normalized spacial score (nSPS) is 18.3. The van der Waals surface area contributed by atoms with Crippen molar-refractivity contribution in [2.75, 3.05) is 32.7 Å². The molecule has 6 nitrogen and oxygen atoms in total. The van der Waals surface area contributed by atoms with Crippen molar-refractivity contribution in [3.63, 3.8) is 0 Å². The zero-order valence-corrected chi connectivity index (χ0v) is 19.7. The van der Waals surface area contributed by atoms with Crippen LogP contribution >= 0.6 is 35.3 Å². The summed E-state index contributed by atoms with van der Waals surface area (Å²) in [5.41, 5.74) is -0.0739. The Morgan fingerprint density at radius 1 is 1.36 bits per heavy atom. The summed E-state index contributed by atoms with van der Waals surface area (Å²) in [7, 11) is 0. The number of thiophene rings is 1. The summed E-state index contributed by atoms with van der Waals surface area (Å²) in [6.45, 7) is 7.80. The van der Waals surface area contributed by atoms with E-state index in [-0.39, 0.29) is 30.0 Å². The van der Waals surface area contributed by atoms with Gasteiger partial charge < -0.3 is 20.2 Å². The molecule has 2 atom stereocenters. The van der Waals surface area contributed by atoms with Crippen molar-refractivity contribution >= 4 is 41.3 Å². The first kappa shape index (κ1) is 23.2. The Morgan fingerprint density at radius 3 is 2.75 bits per heavy atom. The van der Waals surface area contributed by atoms with Gasteiger partial charge in [-0.25, -0.2) is 4.99 Å². The van der Waals surface area contributed by atoms with Gasteiger partial charge in [0.2, 0.25) is 0 Å². The van der Waals surface area contributed by atoms with Gasteiger partial charge in [0, 0.05) is 13.1 Å². The Balaban J connectivity index is 0.00000280. The van der Waals surface area contributed by atoms with E-state index in [1.165, 1.54) is 12.8 Å². The van der Waals surface area contributed by atoms with Crippen LogP contribution in [0.25, 0.3) is 0 Å². The highest BCUT2D eigenvalue weighted by Gasteiger charge is 2.26. The van der Waals surface area contributed by atoms with Crippen molar-refractivity contribution in [2.45, 2.75) is 38.3 Å². The molecule has 0 spiro atoms. The lowest BCUT2D eigenvalue weighted by atomic mass is 10.00. The summed E-state index contributed by atoms with van der Waals surface area (Å²) in [5, 5.41) is 21.4. The predicted molar refractivity (Wildman–Crippen MR) is 126 cm³/mol. The number of rotatable bonds is 8. The maximum atomic E-state index is 10.7. The number of aliphatic hydroxyl groups is 1. The van der Waals surface area contributed by atoms with Crippen LogP contribution in [0.2, 0.25) is 0 Å². The Bertz CT molecular complexity index is 698. The van der Waals surface area contributed by atoms with E-state index in [1.54, 1.807) is 24.5 Å². The third-order valence-electron chi connectivity index (χ3n) is 4.95. The third-order valence-corrected chi connectivity index (χ3v) is 5.63. The monoisotopic (exact) mass is 518 g/mol. The molecule has 3 heterocycles. The van der Waals surface area contributed by atoms with E-state index in [4.69, 9.17) is 4.42 Å². The van der Waals surface area contributed by atoms with Crippen molar-refractivity contribution in [3.8, 4) is 0 Å². The van der Waals surface area contributed by atoms with Gasteiger partial charge >= 0.3 is 0 Å². The highest BCUT2D eigenvalue weighted by Crippen LogP contribution is 2.25. The van der Waals surface area contributed by atoms with E-state index in [9.17, 15) is 5.11 Å². The van der Waals surface area contributed by atoms with E-state index in [2.05, 4.69) is 20.5 Å². The SMILES string of the molecule is CCNC(=NCC(C)(O)c1ccsc1)NCC(c1ccco1)N1CCCC1.I. The third kappa shape index (κ3) is 6.20. The van der Waals surface area contributed by atoms with Crippen LogP contribution in [-0.2, 0) is 5.60 Å². The molecule has 0 aliphatic carbocycles. The summed E-state index contributed by atoms with van der Waals surface area (Å²) in [6.07, 6.45) is 4.19. The average Bonchev–Trinajstić information content (AvgIpc) is 3.43. The lowest BCUT2D eigenvalue weighted by Crippen LogP contribution is -2.43. The van der Waals surface area contributed by atoms with Gasteiger partial charge in [-0.15, -0.1) is 24.0 Å². The molecule has 0 bridgehead atoms. The number of aliphatic imine (C=N–C) groups is 1. The maximum absolute atomic E-state index is 10.7. The van der Waals surface area contributed by atoms with Crippen molar-refractivity contribution < 1.29 is 9.52 Å². The zero-order valence-electron chi connectivity index (χ0n) is 16.6. The molecule has 3 rings (SSSR count). The topological polar surface area (TPSA) is 73.0 Å². The van der Waals surface area contributed by atoms with E-state index in [1.807, 2.05) is 35.9 Å². The highest BCUT2D eigenvalue weighted by molar-refractivity contribution is 14.0. The summed E-state index contributed by atoms with van der Waals surface area (Å²) < 4.78 is 5.68. The van der Waals surface area contributed by atoms with Gasteiger partial charge in [0.1, 0.15) is 11.4 Å². The van der Waals surface area contributed by atoms with Gasteiger partial charge in [0.25, 0.3) is 0 Å². The second-order valence-corrected chi connectivity index (χ2v) is 7.92. The van der Waals surface area contributed by atoms with E-state index >= 15 is 0 Å². The minimum atomic E-state index is -0.974. The van der Waals surface area contributed by atoms with Gasteiger partial charge in [0.15, 0.2) is 5.96 Å². The zero-order chi connectivity index (χ0) is 19.1.